The van der Waals surface area contributed by atoms with Crippen LogP contribution in [0.2, 0.25) is 0 Å². The molecule has 0 N–H and O–H groups in total. The molecule has 0 spiro atoms. The van der Waals surface area contributed by atoms with E-state index in [1.165, 1.54) is 38.5 Å². The number of halogens is 1. The largest absolute Gasteiger partial charge is 2.00 e. The second-order valence-corrected chi connectivity index (χ2v) is 4.80. The molecule has 3 heteroatoms. The van der Waals surface area contributed by atoms with E-state index < -0.39 is 0 Å². The summed E-state index contributed by atoms with van der Waals surface area (Å²) in [6, 6.07) is 0. The molecule has 15 heavy (non-hydrogen) atoms. The minimum Gasteiger partial charge on any atom is -1.00 e. The third-order valence-corrected chi connectivity index (χ3v) is 3.97. The molecule has 0 aromatic carbocycles. The maximum Gasteiger partial charge on any atom is 2.00 e. The Morgan fingerprint density at radius 2 is 0.933 bits per heavy atom. The van der Waals surface area contributed by atoms with E-state index in [0.29, 0.717) is 0 Å². The molecule has 0 saturated heterocycles. The van der Waals surface area contributed by atoms with Crippen molar-refractivity contribution in [2.24, 2.45) is 11.8 Å². The fourth-order valence-electron chi connectivity index (χ4n) is 3.21. The maximum atomic E-state index is 4.56. The van der Waals surface area contributed by atoms with Gasteiger partial charge in [-0.05, 0) is 20.4 Å². The van der Waals surface area contributed by atoms with Crippen molar-refractivity contribution in [1.82, 2.24) is 0 Å². The summed E-state index contributed by atoms with van der Waals surface area (Å²) < 4.78 is 0. The number of hydrogen-bond donors (Lipinski definition) is 0. The van der Waals surface area contributed by atoms with E-state index in [2.05, 4.69) is 11.2 Å². The molecular formula is C12H26ClMgP. The first-order valence-electron chi connectivity index (χ1n) is 6.18. The summed E-state index contributed by atoms with van der Waals surface area (Å²) in [5, 5.41) is 0. The van der Waals surface area contributed by atoms with Crippen molar-refractivity contribution >= 4 is 42.9 Å². The summed E-state index contributed by atoms with van der Waals surface area (Å²) in [5.41, 5.74) is 0. The molecule has 0 nitrogen and oxygen atoms in total. The van der Waals surface area contributed by atoms with Crippen molar-refractivity contribution in [3.05, 3.63) is 0 Å². The van der Waals surface area contributed by atoms with E-state index in [1.54, 1.807) is 25.7 Å². The minimum absolute atomic E-state index is 0. The fraction of sp³-hybridized carbons (Fsp3) is 1.00. The van der Waals surface area contributed by atoms with Crippen LogP contribution in [0.15, 0.2) is 0 Å². The van der Waals surface area contributed by atoms with Gasteiger partial charge in [-0.25, -0.2) is 0 Å². The Kier molecular flexibility index (Phi) is 11.7. The van der Waals surface area contributed by atoms with Crippen molar-refractivity contribution < 1.29 is 2.85 Å². The summed E-state index contributed by atoms with van der Waals surface area (Å²) >= 11 is 4.56. The monoisotopic (exact) mass is 260 g/mol. The van der Waals surface area contributed by atoms with Crippen molar-refractivity contribution in [1.29, 1.82) is 0 Å². The zero-order valence-electron chi connectivity index (χ0n) is 11.9. The first kappa shape index (κ1) is 16.5. The van der Waals surface area contributed by atoms with Gasteiger partial charge in [0.25, 0.3) is 0 Å². The van der Waals surface area contributed by atoms with Crippen LogP contribution in [-0.4, -0.2) is 23.1 Å². The summed E-state index contributed by atoms with van der Waals surface area (Å²) in [4.78, 5) is 0. The number of rotatable bonds is 1. The van der Waals surface area contributed by atoms with Crippen molar-refractivity contribution in [3.63, 3.8) is 0 Å². The van der Waals surface area contributed by atoms with Crippen LogP contribution in [-0.2, 0) is 0 Å². The molecule has 2 rings (SSSR count). The third-order valence-electron chi connectivity index (χ3n) is 3.97. The Hall–Kier alpha value is 1.49. The first-order valence-corrected chi connectivity index (χ1v) is 7.93. The van der Waals surface area contributed by atoms with Gasteiger partial charge in [0.2, 0.25) is 0 Å². The van der Waals surface area contributed by atoms with Crippen LogP contribution in [0.25, 0.3) is 0 Å². The molecule has 88 valence electrons. The average molecular weight is 261 g/mol. The van der Waals surface area contributed by atoms with Crippen molar-refractivity contribution in [3.8, 4) is 0 Å². The van der Waals surface area contributed by atoms with Crippen LogP contribution in [0.3, 0.4) is 0 Å². The van der Waals surface area contributed by atoms with Crippen molar-refractivity contribution in [2.45, 2.75) is 64.2 Å². The Bertz CT molecular complexity index is 124. The Morgan fingerprint density at radius 3 is 1.20 bits per heavy atom. The Morgan fingerprint density at radius 1 is 0.667 bits per heavy atom. The quantitative estimate of drug-likeness (QED) is 0.460. The molecule has 2 aliphatic rings. The van der Waals surface area contributed by atoms with Gasteiger partial charge in [-0.3, -0.25) is 0 Å². The van der Waals surface area contributed by atoms with E-state index >= 15 is 0 Å². The predicted molar refractivity (Wildman–Crippen MR) is 76.7 cm³/mol. The van der Waals surface area contributed by atoms with Crippen molar-refractivity contribution in [2.75, 3.05) is 0 Å². The van der Waals surface area contributed by atoms with Gasteiger partial charge in [0.15, 0.2) is 0 Å². The molecule has 0 bridgehead atoms. The molecular weight excluding hydrogens is 235 g/mol. The first-order chi connectivity index (χ1) is 6.97. The molecule has 0 aromatic rings. The second-order valence-electron chi connectivity index (χ2n) is 4.80. The average Bonchev–Trinajstić information content (AvgIpc) is 2.34. The Balaban J connectivity index is -0.000000373. The zero-order chi connectivity index (χ0) is 10.2. The SMILES string of the molecule is C1CCC(C2CCCCC2)CC1.PCl.[H-].[H-].[Mg+2]. The smallest absolute Gasteiger partial charge is 1.00 e. The predicted octanol–water partition coefficient (Wildman–Crippen LogP) is 5.01. The normalized spacial score (nSPS) is 23.6. The topological polar surface area (TPSA) is 0 Å². The fourth-order valence-corrected chi connectivity index (χ4v) is 3.21. The summed E-state index contributed by atoms with van der Waals surface area (Å²) in [7, 11) is 1.89. The third kappa shape index (κ3) is 6.10. The van der Waals surface area contributed by atoms with Crippen LogP contribution in [0.4, 0.5) is 0 Å². The van der Waals surface area contributed by atoms with Crippen LogP contribution >= 0.6 is 19.8 Å². The second kappa shape index (κ2) is 10.6. The molecule has 0 amide bonds. The molecule has 0 radical (unpaired) electrons. The van der Waals surface area contributed by atoms with Crippen LogP contribution in [0.5, 0.6) is 0 Å². The van der Waals surface area contributed by atoms with Crippen LogP contribution < -0.4 is 0 Å². The van der Waals surface area contributed by atoms with Gasteiger partial charge in [0.05, 0.1) is 0 Å². The molecule has 0 aromatic heterocycles. The molecule has 2 fully saturated rings. The molecule has 1 unspecified atom stereocenters. The minimum atomic E-state index is 0. The zero-order valence-corrected chi connectivity index (χ0v) is 13.2. The summed E-state index contributed by atoms with van der Waals surface area (Å²) in [6.07, 6.45) is 15.4. The van der Waals surface area contributed by atoms with Crippen LogP contribution in [0.1, 0.15) is 67.1 Å². The molecule has 2 aliphatic carbocycles. The van der Waals surface area contributed by atoms with Gasteiger partial charge in [0, 0.05) is 0 Å². The number of hydrogen-bond acceptors (Lipinski definition) is 0. The van der Waals surface area contributed by atoms with Gasteiger partial charge in [-0.2, -0.15) is 0 Å². The Labute approximate surface area is 121 Å². The standard InChI is InChI=1S/C12H22.ClH2P.Mg.2H/c1-3-7-11(8-4-1)12-9-5-2-6-10-12;1-2;;;/h11-12H,1-10H2;2H2;;;/q;;+2;2*-1. The molecule has 0 aliphatic heterocycles. The van der Waals surface area contributed by atoms with Gasteiger partial charge < -0.3 is 2.85 Å². The maximum absolute atomic E-state index is 4.56. The van der Waals surface area contributed by atoms with E-state index in [4.69, 9.17) is 0 Å². The van der Waals surface area contributed by atoms with Gasteiger partial charge in [-0.15, -0.1) is 11.2 Å². The van der Waals surface area contributed by atoms with Gasteiger partial charge >= 0.3 is 23.1 Å². The molecule has 2 saturated carbocycles. The summed E-state index contributed by atoms with van der Waals surface area (Å²) in [6.45, 7) is 0. The van der Waals surface area contributed by atoms with Gasteiger partial charge in [0.1, 0.15) is 0 Å². The van der Waals surface area contributed by atoms with E-state index in [9.17, 15) is 0 Å². The van der Waals surface area contributed by atoms with E-state index in [0.717, 1.165) is 11.8 Å². The van der Waals surface area contributed by atoms with E-state index in [1.807, 2.05) is 8.59 Å². The molecule has 0 heterocycles. The van der Waals surface area contributed by atoms with Gasteiger partial charge in [-0.1, -0.05) is 64.2 Å². The summed E-state index contributed by atoms with van der Waals surface area (Å²) in [5.74, 6) is 2.28. The molecule has 1 atom stereocenters. The van der Waals surface area contributed by atoms with E-state index in [-0.39, 0.29) is 25.9 Å². The van der Waals surface area contributed by atoms with Crippen LogP contribution in [0, 0.1) is 11.8 Å².